The lowest BCUT2D eigenvalue weighted by Gasteiger charge is -2.02. The van der Waals surface area contributed by atoms with Gasteiger partial charge in [0.05, 0.1) is 15.2 Å². The summed E-state index contributed by atoms with van der Waals surface area (Å²) in [7, 11) is 0. The van der Waals surface area contributed by atoms with E-state index in [-0.39, 0.29) is 5.91 Å². The van der Waals surface area contributed by atoms with E-state index in [0.717, 1.165) is 16.1 Å². The number of hydrogen-bond acceptors (Lipinski definition) is 3. The molecule has 1 aromatic heterocycles. The Morgan fingerprint density at radius 3 is 2.94 bits per heavy atom. The second-order valence-corrected chi connectivity index (χ2v) is 5.42. The molecule has 2 aromatic rings. The fraction of sp³-hybridized carbons (Fsp3) is 0.286. The summed E-state index contributed by atoms with van der Waals surface area (Å²) in [6.45, 7) is 6.20. The summed E-state index contributed by atoms with van der Waals surface area (Å²) in [5, 5.41) is 3.84. The number of benzene rings is 1. The molecule has 4 heteroatoms. The van der Waals surface area contributed by atoms with Crippen molar-refractivity contribution in [1.82, 2.24) is 10.3 Å². The second kappa shape index (κ2) is 5.78. The number of fused-ring (bicyclic) bond motifs is 1. The predicted octanol–water partition coefficient (Wildman–Crippen LogP) is 2.92. The largest absolute Gasteiger partial charge is 0.352 e. The van der Waals surface area contributed by atoms with E-state index < -0.39 is 0 Å². The van der Waals surface area contributed by atoms with E-state index in [1.807, 2.05) is 25.1 Å². The molecule has 0 radical (unpaired) electrons. The van der Waals surface area contributed by atoms with Gasteiger partial charge in [-0.2, -0.15) is 0 Å². The molecule has 0 saturated heterocycles. The summed E-state index contributed by atoms with van der Waals surface area (Å²) in [4.78, 5) is 16.1. The van der Waals surface area contributed by atoms with E-state index in [0.29, 0.717) is 19.4 Å². The molecular weight excluding hydrogens is 244 g/mol. The number of carbonyl (C=O) groups is 1. The van der Waals surface area contributed by atoms with Crippen LogP contribution < -0.4 is 5.32 Å². The van der Waals surface area contributed by atoms with Gasteiger partial charge in [0.2, 0.25) is 5.91 Å². The van der Waals surface area contributed by atoms with Crippen molar-refractivity contribution in [2.24, 2.45) is 0 Å². The standard InChI is InChI=1S/C14H16N2OS/c1-10(2)9-15-13(17)7-8-14-16-11-5-3-4-6-12(11)18-14/h3-6H,1,7-9H2,2H3,(H,15,17). The molecule has 1 aromatic carbocycles. The van der Waals surface area contributed by atoms with Crippen LogP contribution in [0.25, 0.3) is 10.2 Å². The summed E-state index contributed by atoms with van der Waals surface area (Å²) in [5.74, 6) is 0.0530. The van der Waals surface area contributed by atoms with Crippen LogP contribution in [-0.2, 0) is 11.2 Å². The molecule has 1 heterocycles. The van der Waals surface area contributed by atoms with Crippen molar-refractivity contribution in [3.05, 3.63) is 41.4 Å². The number of aryl methyl sites for hydroxylation is 1. The third-order valence-corrected chi connectivity index (χ3v) is 3.59. The van der Waals surface area contributed by atoms with Crippen LogP contribution in [0, 0.1) is 0 Å². The first-order chi connectivity index (χ1) is 8.65. The quantitative estimate of drug-likeness (QED) is 0.840. The fourth-order valence-corrected chi connectivity index (χ4v) is 2.55. The van der Waals surface area contributed by atoms with Crippen LogP contribution in [0.1, 0.15) is 18.4 Å². The van der Waals surface area contributed by atoms with Gasteiger partial charge in [-0.05, 0) is 19.1 Å². The minimum atomic E-state index is 0.0530. The van der Waals surface area contributed by atoms with Crippen molar-refractivity contribution < 1.29 is 4.79 Å². The molecule has 0 unspecified atom stereocenters. The number of nitrogens with zero attached hydrogens (tertiary/aromatic N) is 1. The van der Waals surface area contributed by atoms with Gasteiger partial charge in [-0.15, -0.1) is 11.3 Å². The van der Waals surface area contributed by atoms with Gasteiger partial charge in [-0.25, -0.2) is 4.98 Å². The molecule has 1 N–H and O–H groups in total. The average molecular weight is 260 g/mol. The molecule has 0 spiro atoms. The number of aromatic nitrogens is 1. The zero-order valence-electron chi connectivity index (χ0n) is 10.4. The van der Waals surface area contributed by atoms with Crippen molar-refractivity contribution in [3.63, 3.8) is 0 Å². The van der Waals surface area contributed by atoms with Gasteiger partial charge in [0.1, 0.15) is 0 Å². The van der Waals surface area contributed by atoms with E-state index in [1.54, 1.807) is 11.3 Å². The number of amides is 1. The number of thiazole rings is 1. The van der Waals surface area contributed by atoms with Gasteiger partial charge >= 0.3 is 0 Å². The SMILES string of the molecule is C=C(C)CNC(=O)CCc1nc2ccccc2s1. The summed E-state index contributed by atoms with van der Waals surface area (Å²) in [6, 6.07) is 8.03. The van der Waals surface area contributed by atoms with Gasteiger partial charge in [-0.3, -0.25) is 4.79 Å². The number of para-hydroxylation sites is 1. The van der Waals surface area contributed by atoms with Crippen molar-refractivity contribution in [2.75, 3.05) is 6.54 Å². The summed E-state index contributed by atoms with van der Waals surface area (Å²) < 4.78 is 1.18. The Hall–Kier alpha value is -1.68. The highest BCUT2D eigenvalue weighted by atomic mass is 32.1. The van der Waals surface area contributed by atoms with Crippen molar-refractivity contribution in [2.45, 2.75) is 19.8 Å². The van der Waals surface area contributed by atoms with Gasteiger partial charge in [-0.1, -0.05) is 24.3 Å². The van der Waals surface area contributed by atoms with Gasteiger partial charge in [0.15, 0.2) is 0 Å². The normalized spacial score (nSPS) is 10.5. The Morgan fingerprint density at radius 2 is 2.22 bits per heavy atom. The molecule has 0 saturated carbocycles. The van der Waals surface area contributed by atoms with Crippen LogP contribution in [0.3, 0.4) is 0 Å². The van der Waals surface area contributed by atoms with Gasteiger partial charge < -0.3 is 5.32 Å². The first-order valence-corrected chi connectivity index (χ1v) is 6.72. The Kier molecular flexibility index (Phi) is 4.10. The smallest absolute Gasteiger partial charge is 0.220 e. The summed E-state index contributed by atoms with van der Waals surface area (Å²) in [5.41, 5.74) is 1.98. The molecule has 2 rings (SSSR count). The van der Waals surface area contributed by atoms with E-state index in [9.17, 15) is 4.79 Å². The summed E-state index contributed by atoms with van der Waals surface area (Å²) in [6.07, 6.45) is 1.18. The fourth-order valence-electron chi connectivity index (χ4n) is 1.59. The highest BCUT2D eigenvalue weighted by Crippen LogP contribution is 2.22. The topological polar surface area (TPSA) is 42.0 Å². The Balaban J connectivity index is 1.90. The van der Waals surface area contributed by atoms with E-state index in [1.165, 1.54) is 4.70 Å². The second-order valence-electron chi connectivity index (χ2n) is 4.31. The van der Waals surface area contributed by atoms with Crippen LogP contribution >= 0.6 is 11.3 Å². The molecule has 94 valence electrons. The molecule has 0 aliphatic heterocycles. The van der Waals surface area contributed by atoms with Crippen LogP contribution in [0.4, 0.5) is 0 Å². The maximum atomic E-state index is 11.6. The molecule has 3 nitrogen and oxygen atoms in total. The van der Waals surface area contributed by atoms with Crippen molar-refractivity contribution in [3.8, 4) is 0 Å². The monoisotopic (exact) mass is 260 g/mol. The minimum absolute atomic E-state index is 0.0530. The Morgan fingerprint density at radius 1 is 1.44 bits per heavy atom. The first-order valence-electron chi connectivity index (χ1n) is 5.90. The van der Waals surface area contributed by atoms with Crippen LogP contribution in [-0.4, -0.2) is 17.4 Å². The van der Waals surface area contributed by atoms with E-state index in [2.05, 4.69) is 22.9 Å². The van der Waals surface area contributed by atoms with E-state index in [4.69, 9.17) is 0 Å². The van der Waals surface area contributed by atoms with Crippen LogP contribution in [0.15, 0.2) is 36.4 Å². The number of carbonyl (C=O) groups excluding carboxylic acids is 1. The van der Waals surface area contributed by atoms with Crippen LogP contribution in [0.5, 0.6) is 0 Å². The predicted molar refractivity (Wildman–Crippen MR) is 75.8 cm³/mol. The first kappa shape index (κ1) is 12.8. The highest BCUT2D eigenvalue weighted by Gasteiger charge is 2.06. The van der Waals surface area contributed by atoms with Crippen molar-refractivity contribution in [1.29, 1.82) is 0 Å². The number of hydrogen-bond donors (Lipinski definition) is 1. The summed E-state index contributed by atoms with van der Waals surface area (Å²) >= 11 is 1.65. The Bertz CT molecular complexity index is 541. The lowest BCUT2D eigenvalue weighted by Crippen LogP contribution is -2.24. The third kappa shape index (κ3) is 3.40. The molecule has 0 aliphatic rings. The van der Waals surface area contributed by atoms with E-state index >= 15 is 0 Å². The zero-order chi connectivity index (χ0) is 13.0. The molecule has 0 aliphatic carbocycles. The lowest BCUT2D eigenvalue weighted by atomic mass is 10.3. The Labute approximate surface area is 111 Å². The zero-order valence-corrected chi connectivity index (χ0v) is 11.2. The molecule has 0 atom stereocenters. The maximum Gasteiger partial charge on any atom is 0.220 e. The molecule has 0 fully saturated rings. The molecular formula is C14H16N2OS. The minimum Gasteiger partial charge on any atom is -0.352 e. The molecule has 18 heavy (non-hydrogen) atoms. The van der Waals surface area contributed by atoms with Gasteiger partial charge in [0, 0.05) is 19.4 Å². The number of rotatable bonds is 5. The number of nitrogens with one attached hydrogen (secondary N) is 1. The maximum absolute atomic E-state index is 11.6. The third-order valence-electron chi connectivity index (χ3n) is 2.49. The lowest BCUT2D eigenvalue weighted by molar-refractivity contribution is -0.120. The average Bonchev–Trinajstić information content (AvgIpc) is 2.76. The van der Waals surface area contributed by atoms with Crippen LogP contribution in [0.2, 0.25) is 0 Å². The molecule has 1 amide bonds. The van der Waals surface area contributed by atoms with Gasteiger partial charge in [0.25, 0.3) is 0 Å². The molecule has 0 bridgehead atoms. The van der Waals surface area contributed by atoms with Crippen molar-refractivity contribution >= 4 is 27.5 Å². The highest BCUT2D eigenvalue weighted by molar-refractivity contribution is 7.18.